The number of nitrogens with two attached hydrogens (primary N) is 1. The van der Waals surface area contributed by atoms with Crippen molar-refractivity contribution < 1.29 is 18.3 Å². The normalized spacial score (nSPS) is 18.8. The molecule has 4 heterocycles. The smallest absolute Gasteiger partial charge is 0.182 e. The van der Waals surface area contributed by atoms with E-state index in [4.69, 9.17) is 30.2 Å². The van der Waals surface area contributed by atoms with Crippen LogP contribution in [0.25, 0.3) is 0 Å². The van der Waals surface area contributed by atoms with Crippen molar-refractivity contribution in [1.29, 1.82) is 0 Å². The van der Waals surface area contributed by atoms with Gasteiger partial charge in [0.05, 0.1) is 25.9 Å². The van der Waals surface area contributed by atoms with E-state index in [1.54, 1.807) is 19.2 Å². The minimum absolute atomic E-state index is 0.0431. The Balaban J connectivity index is 1.33. The van der Waals surface area contributed by atoms with E-state index in [2.05, 4.69) is 20.2 Å². The molecular weight excluding hydrogens is 542 g/mol. The number of aliphatic imine (C=N–C) groups is 1. The molecule has 1 aliphatic carbocycles. The molecule has 2 aromatic heterocycles. The summed E-state index contributed by atoms with van der Waals surface area (Å²) in [5.74, 6) is 1.18. The van der Waals surface area contributed by atoms with E-state index in [0.29, 0.717) is 79.9 Å². The fourth-order valence-corrected chi connectivity index (χ4v) is 5.73. The molecule has 220 valence electrons. The maximum atomic E-state index is 14.8. The molecule has 2 aliphatic heterocycles. The van der Waals surface area contributed by atoms with Crippen molar-refractivity contribution >= 4 is 28.9 Å². The first-order valence-electron chi connectivity index (χ1n) is 14.4. The van der Waals surface area contributed by atoms with Gasteiger partial charge < -0.3 is 25.4 Å². The van der Waals surface area contributed by atoms with Crippen molar-refractivity contribution in [1.82, 2.24) is 19.9 Å². The average Bonchev–Trinajstić information content (AvgIpc) is 3.76. The molecule has 10 nitrogen and oxygen atoms in total. The van der Waals surface area contributed by atoms with Gasteiger partial charge in [-0.25, -0.2) is 28.7 Å². The number of allylic oxidation sites excluding steroid dienone is 1. The predicted molar refractivity (Wildman–Crippen MR) is 156 cm³/mol. The Labute approximate surface area is 243 Å². The Kier molecular flexibility index (Phi) is 7.96. The molecule has 2 fully saturated rings. The Bertz CT molecular complexity index is 1500. The van der Waals surface area contributed by atoms with E-state index in [-0.39, 0.29) is 23.8 Å². The van der Waals surface area contributed by atoms with E-state index < -0.39 is 11.6 Å². The van der Waals surface area contributed by atoms with E-state index >= 15 is 0 Å². The van der Waals surface area contributed by atoms with Crippen LogP contribution in [-0.4, -0.2) is 64.6 Å². The van der Waals surface area contributed by atoms with Crippen LogP contribution in [0.2, 0.25) is 0 Å². The first-order chi connectivity index (χ1) is 20.4. The molecular formula is C30H34F2N8O2. The van der Waals surface area contributed by atoms with Crippen LogP contribution in [-0.2, 0) is 11.2 Å². The summed E-state index contributed by atoms with van der Waals surface area (Å²) in [6, 6.07) is 4.01. The fraction of sp³-hybridized carbons (Fsp3) is 0.433. The molecule has 0 radical (unpaired) electrons. The van der Waals surface area contributed by atoms with Crippen molar-refractivity contribution in [3.63, 3.8) is 0 Å². The van der Waals surface area contributed by atoms with Gasteiger partial charge in [0, 0.05) is 37.0 Å². The second-order valence-electron chi connectivity index (χ2n) is 10.6. The summed E-state index contributed by atoms with van der Waals surface area (Å²) in [7, 11) is 0. The molecule has 3 aromatic rings. The molecule has 1 atom stereocenters. The summed E-state index contributed by atoms with van der Waals surface area (Å²) >= 11 is 0. The zero-order valence-electron chi connectivity index (χ0n) is 23.7. The molecule has 6 rings (SSSR count). The average molecular weight is 577 g/mol. The maximum Gasteiger partial charge on any atom is 0.182 e. The third kappa shape index (κ3) is 5.76. The lowest BCUT2D eigenvalue weighted by Crippen LogP contribution is -2.37. The maximum absolute atomic E-state index is 14.8. The number of morpholine rings is 1. The molecule has 0 spiro atoms. The second kappa shape index (κ2) is 12.0. The molecule has 42 heavy (non-hydrogen) atoms. The number of nitrogen functional groups attached to an aromatic ring is 1. The number of hydrogen-bond acceptors (Lipinski definition) is 10. The largest absolute Gasteiger partial charge is 0.494 e. The molecule has 1 aromatic carbocycles. The summed E-state index contributed by atoms with van der Waals surface area (Å²) in [6.07, 6.45) is 5.90. The molecule has 0 amide bonds. The van der Waals surface area contributed by atoms with Gasteiger partial charge in [0.25, 0.3) is 0 Å². The van der Waals surface area contributed by atoms with Crippen molar-refractivity contribution in [3.8, 4) is 5.75 Å². The molecule has 3 aliphatic rings. The van der Waals surface area contributed by atoms with Crippen molar-refractivity contribution in [2.75, 3.05) is 48.9 Å². The highest BCUT2D eigenvalue weighted by Crippen LogP contribution is 2.45. The molecule has 12 heteroatoms. The van der Waals surface area contributed by atoms with Crippen molar-refractivity contribution in [3.05, 3.63) is 64.9 Å². The quantitative estimate of drug-likeness (QED) is 0.355. The number of nitrogens with one attached hydrogen (secondary N) is 1. The van der Waals surface area contributed by atoms with Gasteiger partial charge in [-0.05, 0) is 62.7 Å². The van der Waals surface area contributed by atoms with Crippen LogP contribution in [0.5, 0.6) is 5.75 Å². The number of halogens is 2. The number of anilines is 4. The van der Waals surface area contributed by atoms with Gasteiger partial charge in [-0.1, -0.05) is 0 Å². The first-order valence-corrected chi connectivity index (χ1v) is 14.4. The second-order valence-corrected chi connectivity index (χ2v) is 10.6. The lowest BCUT2D eigenvalue weighted by atomic mass is 9.93. The lowest BCUT2D eigenvalue weighted by Gasteiger charge is -2.30. The standard InChI is InChI=1S/C30H34F2N8O2/c1-3-42-19-14-21(31)20(22(32)15-19)6-7-23-25(18-4-5-18)17(2)26(36-23)29-38-28(33)27(40-10-12-41-13-11-40)30(39-29)37-24-8-9-34-16-35-24/h8-9,14-16,18,23H,3-7,10-13H2,1-2H3,(H3,33,34,35,37,38,39). The predicted octanol–water partition coefficient (Wildman–Crippen LogP) is 4.64. The number of rotatable bonds is 10. The molecule has 1 unspecified atom stereocenters. The minimum Gasteiger partial charge on any atom is -0.494 e. The van der Waals surface area contributed by atoms with Crippen LogP contribution >= 0.6 is 0 Å². The van der Waals surface area contributed by atoms with E-state index in [1.165, 1.54) is 24.0 Å². The van der Waals surface area contributed by atoms with Gasteiger partial charge in [0.15, 0.2) is 17.5 Å². The van der Waals surface area contributed by atoms with Crippen LogP contribution in [0.3, 0.4) is 0 Å². The first kappa shape index (κ1) is 28.0. The van der Waals surface area contributed by atoms with E-state index in [9.17, 15) is 8.78 Å². The van der Waals surface area contributed by atoms with Gasteiger partial charge >= 0.3 is 0 Å². The van der Waals surface area contributed by atoms with Gasteiger partial charge in [-0.2, -0.15) is 0 Å². The van der Waals surface area contributed by atoms with E-state index in [1.807, 2.05) is 6.92 Å². The highest BCUT2D eigenvalue weighted by molar-refractivity contribution is 6.13. The highest BCUT2D eigenvalue weighted by atomic mass is 19.1. The zero-order valence-corrected chi connectivity index (χ0v) is 23.7. The number of hydrogen-bond donors (Lipinski definition) is 2. The molecule has 1 saturated carbocycles. The van der Waals surface area contributed by atoms with Gasteiger partial charge in [-0.3, -0.25) is 4.99 Å². The SMILES string of the molecule is CCOc1cc(F)c(CCC2N=C(c3nc(N)c(N4CCOCC4)c(Nc4ccncn4)n3)C(C)=C2C2CC2)c(F)c1. The summed E-state index contributed by atoms with van der Waals surface area (Å²) in [5, 5.41) is 3.29. The van der Waals surface area contributed by atoms with Crippen molar-refractivity contribution in [2.24, 2.45) is 10.9 Å². The van der Waals surface area contributed by atoms with Crippen LogP contribution in [0.4, 0.5) is 31.9 Å². The summed E-state index contributed by atoms with van der Waals surface area (Å²) in [4.78, 5) is 25.1. The van der Waals surface area contributed by atoms with Crippen molar-refractivity contribution in [2.45, 2.75) is 45.6 Å². The Hall–Kier alpha value is -4.19. The number of nitrogens with zero attached hydrogens (tertiary/aromatic N) is 6. The topological polar surface area (TPSA) is 124 Å². The van der Waals surface area contributed by atoms with Crippen LogP contribution < -0.4 is 20.7 Å². The number of aromatic nitrogens is 4. The number of benzene rings is 1. The monoisotopic (exact) mass is 576 g/mol. The lowest BCUT2D eigenvalue weighted by molar-refractivity contribution is 0.123. The zero-order chi connectivity index (χ0) is 29.2. The molecule has 0 bridgehead atoms. The number of ether oxygens (including phenoxy) is 2. The van der Waals surface area contributed by atoms with Crippen LogP contribution in [0.15, 0.2) is 46.9 Å². The summed E-state index contributed by atoms with van der Waals surface area (Å²) in [5.41, 5.74) is 10.2. The Morgan fingerprint density at radius 3 is 2.57 bits per heavy atom. The third-order valence-electron chi connectivity index (χ3n) is 7.82. The van der Waals surface area contributed by atoms with E-state index in [0.717, 1.165) is 18.4 Å². The Morgan fingerprint density at radius 2 is 1.90 bits per heavy atom. The molecule has 3 N–H and O–H groups in total. The van der Waals surface area contributed by atoms with Crippen LogP contribution in [0, 0.1) is 17.6 Å². The minimum atomic E-state index is -0.607. The van der Waals surface area contributed by atoms with Gasteiger partial charge in [-0.15, -0.1) is 0 Å². The Morgan fingerprint density at radius 1 is 1.14 bits per heavy atom. The summed E-state index contributed by atoms with van der Waals surface area (Å²) in [6.45, 7) is 6.58. The van der Waals surface area contributed by atoms with Gasteiger partial charge in [0.1, 0.15) is 40.9 Å². The fourth-order valence-electron chi connectivity index (χ4n) is 5.73. The van der Waals surface area contributed by atoms with Crippen LogP contribution in [0.1, 0.15) is 44.5 Å². The highest BCUT2D eigenvalue weighted by Gasteiger charge is 2.38. The third-order valence-corrected chi connectivity index (χ3v) is 7.82. The molecule has 1 saturated heterocycles. The summed E-state index contributed by atoms with van der Waals surface area (Å²) < 4.78 is 40.5. The van der Waals surface area contributed by atoms with Gasteiger partial charge in [0.2, 0.25) is 0 Å².